The van der Waals surface area contributed by atoms with Crippen molar-refractivity contribution in [3.8, 4) is 16.9 Å². The number of hydrogen-bond acceptors (Lipinski definition) is 7. The molecule has 6 rings (SSSR count). The van der Waals surface area contributed by atoms with Gasteiger partial charge in [0, 0.05) is 36.5 Å². The second kappa shape index (κ2) is 17.0. The standard InChI is InChI=1S/C44H44N4O5S/c1-4-10-40-46-41-28(2)23-34(26-39(41)47(40)27-32-15-19-33(20-16-32)36-13-8-9-14-37(36)43(51)52)42(50)48(29(3)24-30-11-6-5-7-12-30)54-44(53)38(45)25-31-17-21-35(49)22-18-31/h5-9,11-23,26,29,38,49H,4,10,24-25,27,45H2,1-3H3,(H,51,52). The number of fused-ring (bicyclic) bond motifs is 1. The number of carbonyl (C=O) groups is 3. The Balaban J connectivity index is 1.32. The quantitative estimate of drug-likeness (QED) is 0.101. The first kappa shape index (κ1) is 38.0. The topological polar surface area (TPSA) is 139 Å². The van der Waals surface area contributed by atoms with Crippen molar-refractivity contribution in [3.63, 3.8) is 0 Å². The Morgan fingerprint density at radius 1 is 0.852 bits per heavy atom. The molecule has 0 spiro atoms. The first-order valence-electron chi connectivity index (χ1n) is 18.1. The number of amides is 1. The van der Waals surface area contributed by atoms with E-state index in [4.69, 9.17) is 10.7 Å². The van der Waals surface area contributed by atoms with Crippen molar-refractivity contribution in [2.24, 2.45) is 5.73 Å². The highest BCUT2D eigenvalue weighted by molar-refractivity contribution is 8.12. The number of nitrogens with two attached hydrogens (primary N) is 1. The normalized spacial score (nSPS) is 12.4. The van der Waals surface area contributed by atoms with Gasteiger partial charge in [-0.2, -0.15) is 0 Å². The van der Waals surface area contributed by atoms with Crippen LogP contribution >= 0.6 is 11.9 Å². The number of phenols is 1. The zero-order valence-corrected chi connectivity index (χ0v) is 31.4. The first-order valence-corrected chi connectivity index (χ1v) is 18.8. The van der Waals surface area contributed by atoms with Crippen LogP contribution in [0.3, 0.4) is 0 Å². The van der Waals surface area contributed by atoms with Crippen molar-refractivity contribution in [3.05, 3.63) is 154 Å². The molecule has 0 saturated heterocycles. The third-order valence-electron chi connectivity index (χ3n) is 9.46. The molecular weight excluding hydrogens is 697 g/mol. The summed E-state index contributed by atoms with van der Waals surface area (Å²) in [5.41, 5.74) is 13.9. The fourth-order valence-electron chi connectivity index (χ4n) is 6.68. The van der Waals surface area contributed by atoms with E-state index in [0.717, 1.165) is 69.5 Å². The van der Waals surface area contributed by atoms with Crippen LogP contribution in [0.25, 0.3) is 22.2 Å². The van der Waals surface area contributed by atoms with E-state index < -0.39 is 12.0 Å². The average molecular weight is 741 g/mol. The van der Waals surface area contributed by atoms with Crippen molar-refractivity contribution in [1.82, 2.24) is 13.9 Å². The molecule has 6 aromatic rings. The smallest absolute Gasteiger partial charge is 0.336 e. The molecule has 5 aromatic carbocycles. The number of benzene rings is 5. The molecule has 0 radical (unpaired) electrons. The van der Waals surface area contributed by atoms with Crippen LogP contribution in [-0.4, -0.2) is 53.1 Å². The molecule has 54 heavy (non-hydrogen) atoms. The van der Waals surface area contributed by atoms with Crippen LogP contribution in [0, 0.1) is 6.92 Å². The minimum absolute atomic E-state index is 0.131. The highest BCUT2D eigenvalue weighted by Gasteiger charge is 2.29. The van der Waals surface area contributed by atoms with E-state index in [1.54, 1.807) is 40.7 Å². The van der Waals surface area contributed by atoms with Gasteiger partial charge in [-0.25, -0.2) is 9.78 Å². The number of carboxylic acid groups (broad SMARTS) is 1. The summed E-state index contributed by atoms with van der Waals surface area (Å²) in [5, 5.41) is 19.1. The van der Waals surface area contributed by atoms with Crippen LogP contribution in [-0.2, 0) is 30.6 Å². The molecule has 0 saturated carbocycles. The van der Waals surface area contributed by atoms with Crippen LogP contribution in [0.4, 0.5) is 0 Å². The lowest BCUT2D eigenvalue weighted by Crippen LogP contribution is -2.39. The van der Waals surface area contributed by atoms with Crippen molar-refractivity contribution < 1.29 is 24.6 Å². The SMILES string of the molecule is CCCc1nc2c(C)cc(C(=O)N(SC(=O)C(N)Cc3ccc(O)cc3)C(C)Cc3ccccc3)cc2n1Cc1ccc(-c2ccccc2C(=O)O)cc1. The molecule has 0 aliphatic heterocycles. The number of aromatic hydroxyl groups is 1. The summed E-state index contributed by atoms with van der Waals surface area (Å²) in [5.74, 6) is -0.242. The predicted octanol–water partition coefficient (Wildman–Crippen LogP) is 8.23. The molecule has 1 aromatic heterocycles. The van der Waals surface area contributed by atoms with Crippen LogP contribution in [0.15, 0.2) is 115 Å². The van der Waals surface area contributed by atoms with E-state index in [1.165, 1.54) is 0 Å². The maximum Gasteiger partial charge on any atom is 0.336 e. The Morgan fingerprint density at radius 3 is 2.19 bits per heavy atom. The Labute approximate surface area is 319 Å². The zero-order valence-electron chi connectivity index (χ0n) is 30.6. The van der Waals surface area contributed by atoms with E-state index in [2.05, 4.69) is 11.5 Å². The summed E-state index contributed by atoms with van der Waals surface area (Å²) in [7, 11) is 0. The molecule has 0 aliphatic rings. The van der Waals surface area contributed by atoms with E-state index >= 15 is 0 Å². The number of aromatic nitrogens is 2. The second-order valence-corrected chi connectivity index (χ2v) is 14.6. The van der Waals surface area contributed by atoms with Gasteiger partial charge in [-0.05, 0) is 96.8 Å². The summed E-state index contributed by atoms with van der Waals surface area (Å²) < 4.78 is 3.69. The van der Waals surface area contributed by atoms with Gasteiger partial charge in [-0.1, -0.05) is 91.9 Å². The summed E-state index contributed by atoms with van der Waals surface area (Å²) in [6, 6.07) is 33.7. The fraction of sp³-hybridized carbons (Fsp3) is 0.227. The lowest BCUT2D eigenvalue weighted by atomic mass is 9.98. The molecular formula is C44H44N4O5S. The van der Waals surface area contributed by atoms with Crippen molar-refractivity contribution in [1.29, 1.82) is 0 Å². The van der Waals surface area contributed by atoms with E-state index in [9.17, 15) is 24.6 Å². The minimum atomic E-state index is -0.975. The summed E-state index contributed by atoms with van der Waals surface area (Å²) >= 11 is 0.850. The molecule has 10 heteroatoms. The number of phenolic OH excluding ortho intramolecular Hbond substituents is 1. The van der Waals surface area contributed by atoms with Crippen LogP contribution < -0.4 is 5.73 Å². The van der Waals surface area contributed by atoms with E-state index in [1.807, 2.05) is 92.7 Å². The van der Waals surface area contributed by atoms with Gasteiger partial charge in [-0.3, -0.25) is 13.9 Å². The van der Waals surface area contributed by atoms with Gasteiger partial charge in [0.15, 0.2) is 0 Å². The zero-order chi connectivity index (χ0) is 38.4. The Morgan fingerprint density at radius 2 is 1.50 bits per heavy atom. The maximum atomic E-state index is 14.6. The molecule has 4 N–H and O–H groups in total. The summed E-state index contributed by atoms with van der Waals surface area (Å²) in [4.78, 5) is 45.1. The van der Waals surface area contributed by atoms with Gasteiger partial charge in [-0.15, -0.1) is 0 Å². The highest BCUT2D eigenvalue weighted by atomic mass is 32.2. The van der Waals surface area contributed by atoms with Crippen LogP contribution in [0.5, 0.6) is 5.75 Å². The third kappa shape index (κ3) is 8.73. The molecule has 0 bridgehead atoms. The molecule has 0 fully saturated rings. The Bertz CT molecular complexity index is 2270. The summed E-state index contributed by atoms with van der Waals surface area (Å²) in [6.07, 6.45) is 2.42. The van der Waals surface area contributed by atoms with Gasteiger partial charge in [0.25, 0.3) is 5.91 Å². The number of nitrogens with zero attached hydrogens (tertiary/aromatic N) is 3. The number of hydrogen-bond donors (Lipinski definition) is 3. The average Bonchev–Trinajstić information content (AvgIpc) is 3.51. The van der Waals surface area contributed by atoms with E-state index in [-0.39, 0.29) is 34.8 Å². The molecule has 276 valence electrons. The molecule has 2 unspecified atom stereocenters. The van der Waals surface area contributed by atoms with Gasteiger partial charge in [0.05, 0.1) is 22.6 Å². The minimum Gasteiger partial charge on any atom is -0.508 e. The summed E-state index contributed by atoms with van der Waals surface area (Å²) in [6.45, 7) is 6.48. The van der Waals surface area contributed by atoms with Crippen LogP contribution in [0.1, 0.15) is 69.1 Å². The number of carboxylic acids is 1. The van der Waals surface area contributed by atoms with Gasteiger partial charge >= 0.3 is 5.97 Å². The van der Waals surface area contributed by atoms with Crippen molar-refractivity contribution in [2.75, 3.05) is 0 Å². The maximum absolute atomic E-state index is 14.6. The van der Waals surface area contributed by atoms with E-state index in [0.29, 0.717) is 24.1 Å². The largest absolute Gasteiger partial charge is 0.508 e. The fourth-order valence-corrected chi connectivity index (χ4v) is 7.53. The second-order valence-electron chi connectivity index (χ2n) is 13.6. The molecule has 2 atom stereocenters. The molecule has 0 aliphatic carbocycles. The van der Waals surface area contributed by atoms with Gasteiger partial charge in [0.1, 0.15) is 11.6 Å². The van der Waals surface area contributed by atoms with Gasteiger partial charge < -0.3 is 20.5 Å². The molecule has 1 amide bonds. The number of rotatable bonds is 13. The van der Waals surface area contributed by atoms with Gasteiger partial charge in [0.2, 0.25) is 5.12 Å². The third-order valence-corrected chi connectivity index (χ3v) is 10.7. The molecule has 1 heterocycles. The number of aromatic carboxylic acids is 1. The Kier molecular flexibility index (Phi) is 11.9. The number of aryl methyl sites for hydroxylation is 2. The highest BCUT2D eigenvalue weighted by Crippen LogP contribution is 2.30. The lowest BCUT2D eigenvalue weighted by molar-refractivity contribution is -0.112. The number of imidazole rings is 1. The van der Waals surface area contributed by atoms with Crippen molar-refractivity contribution >= 4 is 40.0 Å². The van der Waals surface area contributed by atoms with Crippen molar-refractivity contribution in [2.45, 2.75) is 65.1 Å². The first-order chi connectivity index (χ1) is 26.0. The molecule has 9 nitrogen and oxygen atoms in total. The monoisotopic (exact) mass is 740 g/mol. The Hall–Kier alpha value is -5.71. The lowest BCUT2D eigenvalue weighted by Gasteiger charge is -2.28. The number of carbonyl (C=O) groups excluding carboxylic acids is 2. The van der Waals surface area contributed by atoms with Crippen LogP contribution in [0.2, 0.25) is 0 Å². The predicted molar refractivity (Wildman–Crippen MR) is 215 cm³/mol.